The van der Waals surface area contributed by atoms with Gasteiger partial charge in [-0.2, -0.15) is 26.3 Å². The van der Waals surface area contributed by atoms with Crippen molar-refractivity contribution in [2.75, 3.05) is 0 Å². The number of H-pyrrole nitrogens is 5. The molecule has 0 radical (unpaired) electrons. The maximum Gasteiger partial charge on any atom is 0.573 e. The molecule has 0 saturated heterocycles. The monoisotopic (exact) mass is 2030 g/mol. The van der Waals surface area contributed by atoms with E-state index < -0.39 is 42.0 Å². The number of aromatic nitrogens is 10. The number of thiophene rings is 1. The molecular formula is C104H71BrCl4F12N10O6S. The second kappa shape index (κ2) is 41.2. The second-order valence-electron chi connectivity index (χ2n) is 30.6. The normalized spacial score (nSPS) is 11.6. The highest BCUT2D eigenvalue weighted by molar-refractivity contribution is 9.10. The largest absolute Gasteiger partial charge is 0.573 e. The fourth-order valence-electron chi connectivity index (χ4n) is 14.6. The lowest BCUT2D eigenvalue weighted by molar-refractivity contribution is -0.275. The van der Waals surface area contributed by atoms with E-state index in [4.69, 9.17) is 69.1 Å². The van der Waals surface area contributed by atoms with E-state index in [1.54, 1.807) is 66.8 Å². The Kier molecular flexibility index (Phi) is 28.8. The van der Waals surface area contributed by atoms with E-state index in [2.05, 4.69) is 101 Å². The van der Waals surface area contributed by atoms with Gasteiger partial charge in [0.25, 0.3) is 0 Å². The van der Waals surface area contributed by atoms with Crippen molar-refractivity contribution in [3.8, 4) is 181 Å². The number of benzene rings is 10. The highest BCUT2D eigenvalue weighted by atomic mass is 79.9. The number of furan rings is 4. The lowest BCUT2D eigenvalue weighted by atomic mass is 10.1. The lowest BCUT2D eigenvalue weighted by Gasteiger charge is -2.11. The quantitative estimate of drug-likeness (QED) is 0.0541. The zero-order chi connectivity index (χ0) is 97.5. The first-order valence-electron chi connectivity index (χ1n) is 41.7. The van der Waals surface area contributed by atoms with Gasteiger partial charge in [0.05, 0.1) is 70.7 Å². The van der Waals surface area contributed by atoms with Crippen molar-refractivity contribution in [2.24, 2.45) is 0 Å². The van der Waals surface area contributed by atoms with Gasteiger partial charge < -0.3 is 52.1 Å². The van der Waals surface area contributed by atoms with Gasteiger partial charge in [0.1, 0.15) is 40.4 Å². The van der Waals surface area contributed by atoms with Crippen LogP contribution in [0.1, 0.15) is 39.6 Å². The van der Waals surface area contributed by atoms with E-state index in [1.165, 1.54) is 89.3 Å². The van der Waals surface area contributed by atoms with Crippen molar-refractivity contribution in [3.05, 3.63) is 374 Å². The molecule has 20 aromatic rings. The van der Waals surface area contributed by atoms with Crippen LogP contribution in [0.2, 0.25) is 20.1 Å². The zero-order valence-electron chi connectivity index (χ0n) is 72.5. The summed E-state index contributed by atoms with van der Waals surface area (Å²) in [6.45, 7) is 9.49. The Morgan fingerprint density at radius 3 is 1.04 bits per heavy atom. The Bertz CT molecular complexity index is 7620. The van der Waals surface area contributed by atoms with Crippen LogP contribution in [0.5, 0.6) is 11.5 Å². The summed E-state index contributed by atoms with van der Waals surface area (Å²) >= 11 is 29.7. The molecule has 16 nitrogen and oxygen atoms in total. The minimum Gasteiger partial charge on any atom is -0.453 e. The average molecular weight is 2040 g/mol. The molecule has 0 bridgehead atoms. The molecule has 0 spiro atoms. The van der Waals surface area contributed by atoms with Gasteiger partial charge in [0, 0.05) is 81.8 Å². The van der Waals surface area contributed by atoms with Crippen molar-refractivity contribution in [1.82, 2.24) is 49.8 Å². The number of imidazole rings is 5. The second-order valence-corrected chi connectivity index (χ2v) is 34.3. The topological polar surface area (TPSA) is 214 Å². The molecule has 20 rings (SSSR count). The maximum atomic E-state index is 13.3. The molecule has 10 heterocycles. The smallest absolute Gasteiger partial charge is 0.453 e. The minimum absolute atomic E-state index is 0.00217. The molecule has 5 N–H and O–H groups in total. The van der Waals surface area contributed by atoms with Crippen LogP contribution in [0.25, 0.3) is 169 Å². The molecule has 10 aromatic carbocycles. The Hall–Kier alpha value is -14.5. The zero-order valence-corrected chi connectivity index (χ0v) is 77.9. The fourth-order valence-corrected chi connectivity index (χ4v) is 16.6. The Labute approximate surface area is 811 Å². The summed E-state index contributed by atoms with van der Waals surface area (Å²) in [5.74, 6) is 4.81. The molecule has 0 aliphatic heterocycles. The number of nitrogens with one attached hydrogen (secondary N) is 5. The van der Waals surface area contributed by atoms with Gasteiger partial charge in [0.2, 0.25) is 0 Å². The number of para-hydroxylation sites is 2. The molecule has 0 saturated carbocycles. The number of nitrogens with zero attached hydrogens (tertiary/aromatic N) is 5. The van der Waals surface area contributed by atoms with E-state index in [9.17, 15) is 52.7 Å². The first kappa shape index (κ1) is 96.6. The van der Waals surface area contributed by atoms with Crippen molar-refractivity contribution in [3.63, 3.8) is 0 Å². The molecule has 10 aromatic heterocycles. The Morgan fingerprint density at radius 2 is 0.609 bits per heavy atom. The van der Waals surface area contributed by atoms with Crippen LogP contribution in [0.4, 0.5) is 52.7 Å². The summed E-state index contributed by atoms with van der Waals surface area (Å²) in [6, 6.07) is 87.3. The molecule has 0 aliphatic rings. The summed E-state index contributed by atoms with van der Waals surface area (Å²) < 4.78 is 186. The molecule has 0 atom stereocenters. The van der Waals surface area contributed by atoms with E-state index in [0.717, 1.165) is 106 Å². The highest BCUT2D eigenvalue weighted by Crippen LogP contribution is 2.45. The maximum absolute atomic E-state index is 13.3. The Morgan fingerprint density at radius 1 is 0.283 bits per heavy atom. The third kappa shape index (κ3) is 23.1. The first-order valence-corrected chi connectivity index (χ1v) is 44.8. The third-order valence-corrected chi connectivity index (χ3v) is 24.1. The van der Waals surface area contributed by atoms with Crippen LogP contribution in [-0.4, -0.2) is 62.6 Å². The van der Waals surface area contributed by atoms with E-state index in [0.29, 0.717) is 78.2 Å². The summed E-state index contributed by atoms with van der Waals surface area (Å²) in [7, 11) is 0. The van der Waals surface area contributed by atoms with Crippen LogP contribution in [-0.2, 0) is 12.4 Å². The third-order valence-electron chi connectivity index (χ3n) is 21.0. The van der Waals surface area contributed by atoms with Crippen molar-refractivity contribution in [2.45, 2.75) is 59.7 Å². The van der Waals surface area contributed by atoms with Crippen LogP contribution >= 0.6 is 73.7 Å². The molecular weight excluding hydrogens is 1970 g/mol. The molecule has 138 heavy (non-hydrogen) atoms. The SMILES string of the molecule is Cc1[nH]c(-c2ccc(-c3ccc(Cl)cc3)s2)nc1-c1ccccc1.Cc1[nH]c(-c2ccc(-c3cccc(Cl)c3Cl)o2)nc1-c1ccccc1.Cc1[nH]c(-c2ccc(-c3ccccc3C(F)(F)F)o2)nc1-c1ccc(Br)cc1.Cc1[nH]c(-c2ccc(-c3ccccc3OC(F)(F)F)o2)nc1-c1ccc(C(F)(F)F)cc1.Cc1[nH]c(-c2ccc(-c3ccccc3OC(F)(F)F)o2)nc1-c1ccccc1Cl. The summed E-state index contributed by atoms with van der Waals surface area (Å²) in [4.78, 5) is 41.3. The van der Waals surface area contributed by atoms with Crippen LogP contribution in [0.15, 0.2) is 332 Å². The average Bonchev–Trinajstić information content (AvgIpc) is 1.63. The summed E-state index contributed by atoms with van der Waals surface area (Å²) in [5.41, 5.74) is 13.1. The highest BCUT2D eigenvalue weighted by Gasteiger charge is 2.37. The molecule has 0 unspecified atom stereocenters. The van der Waals surface area contributed by atoms with Gasteiger partial charge in [-0.3, -0.25) is 0 Å². The number of alkyl halides is 12. The van der Waals surface area contributed by atoms with Crippen LogP contribution in [0, 0.1) is 34.6 Å². The molecule has 34 heteroatoms. The van der Waals surface area contributed by atoms with E-state index >= 15 is 0 Å². The van der Waals surface area contributed by atoms with Gasteiger partial charge in [-0.15, -0.1) is 37.7 Å². The van der Waals surface area contributed by atoms with Crippen LogP contribution < -0.4 is 9.47 Å². The number of aryl methyl sites for hydroxylation is 5. The number of aromatic amines is 5. The van der Waals surface area contributed by atoms with Gasteiger partial charge in [-0.25, -0.2) is 24.9 Å². The van der Waals surface area contributed by atoms with Gasteiger partial charge in [-0.1, -0.05) is 226 Å². The van der Waals surface area contributed by atoms with Crippen molar-refractivity contribution >= 4 is 73.7 Å². The number of hydrogen-bond donors (Lipinski definition) is 5. The predicted octanol–water partition coefficient (Wildman–Crippen LogP) is 34.2. The van der Waals surface area contributed by atoms with Crippen molar-refractivity contribution in [1.29, 1.82) is 0 Å². The number of rotatable bonds is 17. The number of halogens is 17. The van der Waals surface area contributed by atoms with E-state index in [1.807, 2.05) is 160 Å². The Balaban J connectivity index is 0.000000125. The summed E-state index contributed by atoms with van der Waals surface area (Å²) in [5, 5.41) is 2.29. The standard InChI is InChI=1S/C22H14F6N2O2.C21H14BrF3N2O.C21H14ClF3N2O2.C20H14Cl2N2O.C20H15ClN2S/c1-12-19(13-6-8-14(9-7-13)21(23,24)25)30-20(29-12)18-11-10-16(31-18)15-4-2-3-5-17(15)32-22(26,27)28;1-12-19(13-6-8-14(22)9-7-13)27-20(26-12)18-11-10-17(28-18)15-4-2-3-5-16(15)21(23,24)25;1-12-19(13-6-2-4-8-15(13)22)27-20(26-12)18-11-10-16(28-18)14-7-3-5-9-17(14)29-21(23,24)25;1-12-19(13-6-3-2-4-7-13)24-20(23-12)17-11-10-16(25-17)14-8-5-9-15(21)18(14)22;1-13-19(15-5-3-2-4-6-15)23-20(22-13)18-12-11-17(24-18)14-7-9-16(21)10-8-14/h2-11H,1H3,(H,29,30);2-11H,1H3,(H,26,27);2-11H,1H3,(H,26,27);2-11H,1H3,(H,23,24);2-12H,1H3,(H,22,23). The lowest BCUT2D eigenvalue weighted by Crippen LogP contribution is -2.17. The molecule has 0 amide bonds. The number of hydrogen-bond acceptors (Lipinski definition) is 12. The van der Waals surface area contributed by atoms with Crippen LogP contribution in [0.3, 0.4) is 0 Å². The minimum atomic E-state index is -4.86. The van der Waals surface area contributed by atoms with Crippen molar-refractivity contribution < 1.29 is 79.8 Å². The summed E-state index contributed by atoms with van der Waals surface area (Å²) in [6.07, 6.45) is -18.6. The van der Waals surface area contributed by atoms with Gasteiger partial charge in [0.15, 0.2) is 46.3 Å². The predicted molar refractivity (Wildman–Crippen MR) is 516 cm³/mol. The fraction of sp³-hybridized carbons (Fsp3) is 0.0865. The molecule has 698 valence electrons. The molecule has 0 fully saturated rings. The van der Waals surface area contributed by atoms with Gasteiger partial charge >= 0.3 is 25.1 Å². The molecule has 0 aliphatic carbocycles. The van der Waals surface area contributed by atoms with Gasteiger partial charge in [-0.05, 0) is 186 Å². The first-order chi connectivity index (χ1) is 66.0. The number of ether oxygens (including phenoxy) is 2. The van der Waals surface area contributed by atoms with E-state index in [-0.39, 0.29) is 51.3 Å².